The molecule has 0 bridgehead atoms. The molecule has 1 aromatic heterocycles. The first-order valence-electron chi connectivity index (χ1n) is 6.97. The largest absolute Gasteiger partial charge is 0.494 e. The minimum atomic E-state index is -0.208. The molecule has 1 heterocycles. The molecule has 0 saturated heterocycles. The molecule has 7 heteroatoms. The molecule has 1 amide bonds. The Labute approximate surface area is 132 Å². The highest BCUT2D eigenvalue weighted by Crippen LogP contribution is 2.24. The molecule has 0 aliphatic rings. The lowest BCUT2D eigenvalue weighted by atomic mass is 10.1. The number of tetrazole rings is 1. The summed E-state index contributed by atoms with van der Waals surface area (Å²) in [5, 5.41) is 13.9. The minimum absolute atomic E-state index is 0.208. The van der Waals surface area contributed by atoms with Crippen LogP contribution in [0.2, 0.25) is 0 Å². The molecule has 23 heavy (non-hydrogen) atoms. The molecule has 3 aromatic rings. The molecule has 7 nitrogen and oxygen atoms in total. The maximum absolute atomic E-state index is 12.4. The molecule has 0 saturated carbocycles. The van der Waals surface area contributed by atoms with E-state index in [1.165, 1.54) is 18.1 Å². The first kappa shape index (κ1) is 14.7. The second-order valence-corrected chi connectivity index (χ2v) is 4.91. The summed E-state index contributed by atoms with van der Waals surface area (Å²) in [5.74, 6) is 0.301. The number of anilines is 1. The summed E-state index contributed by atoms with van der Waals surface area (Å²) >= 11 is 0. The Morgan fingerprint density at radius 1 is 1.22 bits per heavy atom. The molecular formula is C16H15N5O2. The second kappa shape index (κ2) is 6.27. The Morgan fingerprint density at radius 2 is 2.04 bits per heavy atom. The average molecular weight is 309 g/mol. The van der Waals surface area contributed by atoms with Crippen LogP contribution in [0.15, 0.2) is 48.8 Å². The van der Waals surface area contributed by atoms with Gasteiger partial charge >= 0.3 is 0 Å². The average Bonchev–Trinajstić information content (AvgIpc) is 3.10. The normalized spacial score (nSPS) is 10.3. The molecule has 1 N–H and O–H groups in total. The number of benzene rings is 2. The van der Waals surface area contributed by atoms with Crippen molar-refractivity contribution in [2.45, 2.75) is 6.92 Å². The quantitative estimate of drug-likeness (QED) is 0.799. The summed E-state index contributed by atoms with van der Waals surface area (Å²) in [6, 6.07) is 12.7. The van der Waals surface area contributed by atoms with Gasteiger partial charge in [-0.15, -0.1) is 5.10 Å². The lowest BCUT2D eigenvalue weighted by Gasteiger charge is -2.11. The van der Waals surface area contributed by atoms with Crippen molar-refractivity contribution in [3.8, 4) is 11.4 Å². The number of carbonyl (C=O) groups excluding carboxylic acids is 1. The monoisotopic (exact) mass is 309 g/mol. The van der Waals surface area contributed by atoms with Crippen LogP contribution in [0.4, 0.5) is 5.69 Å². The topological polar surface area (TPSA) is 81.9 Å². The van der Waals surface area contributed by atoms with Crippen LogP contribution in [0.3, 0.4) is 0 Å². The Kier molecular flexibility index (Phi) is 4.01. The van der Waals surface area contributed by atoms with Crippen LogP contribution < -0.4 is 10.1 Å². The first-order valence-corrected chi connectivity index (χ1v) is 6.97. The molecule has 0 radical (unpaired) electrons. The van der Waals surface area contributed by atoms with E-state index in [1.807, 2.05) is 31.2 Å². The Hall–Kier alpha value is -3.22. The van der Waals surface area contributed by atoms with Gasteiger partial charge in [0.15, 0.2) is 0 Å². The highest BCUT2D eigenvalue weighted by atomic mass is 16.5. The van der Waals surface area contributed by atoms with Crippen molar-refractivity contribution in [1.29, 1.82) is 0 Å². The zero-order valence-corrected chi connectivity index (χ0v) is 12.7. The van der Waals surface area contributed by atoms with E-state index < -0.39 is 0 Å². The Balaban J connectivity index is 1.89. The maximum Gasteiger partial charge on any atom is 0.255 e. The van der Waals surface area contributed by atoms with Gasteiger partial charge in [0, 0.05) is 11.3 Å². The van der Waals surface area contributed by atoms with Crippen LogP contribution in [0.5, 0.6) is 5.75 Å². The van der Waals surface area contributed by atoms with Gasteiger partial charge in [-0.3, -0.25) is 4.79 Å². The Bertz CT molecular complexity index is 830. The van der Waals surface area contributed by atoms with Gasteiger partial charge in [0.05, 0.1) is 7.11 Å². The summed E-state index contributed by atoms with van der Waals surface area (Å²) < 4.78 is 6.81. The summed E-state index contributed by atoms with van der Waals surface area (Å²) in [4.78, 5) is 12.4. The third-order valence-electron chi connectivity index (χ3n) is 3.43. The molecule has 0 aliphatic heterocycles. The van der Waals surface area contributed by atoms with Gasteiger partial charge in [-0.2, -0.15) is 4.68 Å². The van der Waals surface area contributed by atoms with Crippen LogP contribution >= 0.6 is 0 Å². The zero-order valence-electron chi connectivity index (χ0n) is 12.7. The van der Waals surface area contributed by atoms with E-state index in [0.29, 0.717) is 17.0 Å². The van der Waals surface area contributed by atoms with Gasteiger partial charge in [0.1, 0.15) is 17.8 Å². The van der Waals surface area contributed by atoms with Gasteiger partial charge in [-0.05, 0) is 47.2 Å². The number of para-hydroxylation sites is 1. The number of rotatable bonds is 4. The van der Waals surface area contributed by atoms with E-state index in [0.717, 1.165) is 11.3 Å². The van der Waals surface area contributed by atoms with Gasteiger partial charge < -0.3 is 10.1 Å². The van der Waals surface area contributed by atoms with Crippen molar-refractivity contribution in [3.05, 3.63) is 59.9 Å². The van der Waals surface area contributed by atoms with Crippen LogP contribution in [0.1, 0.15) is 15.9 Å². The second-order valence-electron chi connectivity index (χ2n) is 4.91. The number of aryl methyl sites for hydroxylation is 1. The minimum Gasteiger partial charge on any atom is -0.494 e. The number of aromatic nitrogens is 4. The number of ether oxygens (including phenoxy) is 1. The van der Waals surface area contributed by atoms with Crippen molar-refractivity contribution < 1.29 is 9.53 Å². The lowest BCUT2D eigenvalue weighted by molar-refractivity contribution is 0.102. The lowest BCUT2D eigenvalue weighted by Crippen LogP contribution is -2.13. The third kappa shape index (κ3) is 3.03. The number of hydrogen-bond donors (Lipinski definition) is 1. The number of carbonyl (C=O) groups is 1. The predicted molar refractivity (Wildman–Crippen MR) is 84.8 cm³/mol. The number of amides is 1. The van der Waals surface area contributed by atoms with Crippen LogP contribution in [0, 0.1) is 6.92 Å². The molecule has 3 rings (SSSR count). The van der Waals surface area contributed by atoms with Crippen LogP contribution in [-0.4, -0.2) is 33.2 Å². The highest BCUT2D eigenvalue weighted by molar-refractivity contribution is 6.05. The van der Waals surface area contributed by atoms with Gasteiger partial charge in [-0.1, -0.05) is 18.2 Å². The van der Waals surface area contributed by atoms with E-state index in [-0.39, 0.29) is 5.91 Å². The summed E-state index contributed by atoms with van der Waals surface area (Å²) in [6.45, 7) is 1.94. The van der Waals surface area contributed by atoms with Crippen molar-refractivity contribution >= 4 is 11.6 Å². The van der Waals surface area contributed by atoms with Crippen molar-refractivity contribution in [3.63, 3.8) is 0 Å². The fourth-order valence-electron chi connectivity index (χ4n) is 2.19. The standard InChI is InChI=1S/C16H15N5O2/c1-11-5-3-4-6-13(11)18-16(22)12-7-8-14(15(9-12)23-2)21-10-17-19-20-21/h3-10H,1-2H3,(H,18,22). The Morgan fingerprint density at radius 3 is 2.74 bits per heavy atom. The van der Waals surface area contributed by atoms with E-state index in [9.17, 15) is 4.79 Å². The predicted octanol–water partition coefficient (Wildman–Crippen LogP) is 2.23. The van der Waals surface area contributed by atoms with Crippen LogP contribution in [0.25, 0.3) is 5.69 Å². The number of methoxy groups -OCH3 is 1. The molecule has 0 fully saturated rings. The van der Waals surface area contributed by atoms with Gasteiger partial charge in [-0.25, -0.2) is 0 Å². The van der Waals surface area contributed by atoms with Gasteiger partial charge in [0.2, 0.25) is 0 Å². The van der Waals surface area contributed by atoms with Crippen molar-refractivity contribution in [1.82, 2.24) is 20.2 Å². The fourth-order valence-corrected chi connectivity index (χ4v) is 2.19. The molecule has 2 aromatic carbocycles. The molecular weight excluding hydrogens is 294 g/mol. The third-order valence-corrected chi connectivity index (χ3v) is 3.43. The smallest absolute Gasteiger partial charge is 0.255 e. The number of nitrogens with zero attached hydrogens (tertiary/aromatic N) is 4. The van der Waals surface area contributed by atoms with E-state index in [1.54, 1.807) is 18.2 Å². The fraction of sp³-hybridized carbons (Fsp3) is 0.125. The SMILES string of the molecule is COc1cc(C(=O)Nc2ccccc2C)ccc1-n1cnnn1. The number of hydrogen-bond acceptors (Lipinski definition) is 5. The summed E-state index contributed by atoms with van der Waals surface area (Å²) in [7, 11) is 1.53. The van der Waals surface area contributed by atoms with E-state index in [4.69, 9.17) is 4.74 Å². The molecule has 116 valence electrons. The van der Waals surface area contributed by atoms with E-state index >= 15 is 0 Å². The number of nitrogens with one attached hydrogen (secondary N) is 1. The molecule has 0 spiro atoms. The van der Waals surface area contributed by atoms with E-state index in [2.05, 4.69) is 20.8 Å². The summed E-state index contributed by atoms with van der Waals surface area (Å²) in [5.41, 5.74) is 2.92. The molecule has 0 atom stereocenters. The molecule has 0 aliphatic carbocycles. The maximum atomic E-state index is 12.4. The van der Waals surface area contributed by atoms with Crippen LogP contribution in [-0.2, 0) is 0 Å². The zero-order chi connectivity index (χ0) is 16.2. The van der Waals surface area contributed by atoms with Crippen molar-refractivity contribution in [2.24, 2.45) is 0 Å². The van der Waals surface area contributed by atoms with Crippen molar-refractivity contribution in [2.75, 3.05) is 12.4 Å². The molecule has 0 unspecified atom stereocenters. The highest BCUT2D eigenvalue weighted by Gasteiger charge is 2.13. The first-order chi connectivity index (χ1) is 11.2. The summed E-state index contributed by atoms with van der Waals surface area (Å²) in [6.07, 6.45) is 1.46. The van der Waals surface area contributed by atoms with Gasteiger partial charge in [0.25, 0.3) is 5.91 Å².